The molecule has 0 spiro atoms. The number of guanidine groups is 2. The maximum absolute atomic E-state index is 11.6. The molecule has 112 valence electrons. The van der Waals surface area contributed by atoms with E-state index < -0.39 is 10.9 Å². The molecule has 1 rings (SSSR count). The molecule has 10 heteroatoms. The van der Waals surface area contributed by atoms with Gasteiger partial charge in [-0.25, -0.2) is 9.79 Å². The van der Waals surface area contributed by atoms with Crippen molar-refractivity contribution in [1.82, 2.24) is 0 Å². The van der Waals surface area contributed by atoms with E-state index in [0.717, 1.165) is 13.2 Å². The predicted octanol–water partition coefficient (Wildman–Crippen LogP) is -0.0906. The number of nitro groups is 1. The van der Waals surface area contributed by atoms with Crippen molar-refractivity contribution < 1.29 is 14.5 Å². The van der Waals surface area contributed by atoms with Crippen LogP contribution in [0, 0.1) is 17.0 Å². The number of hydrogen-bond acceptors (Lipinski definition) is 5. The van der Waals surface area contributed by atoms with Gasteiger partial charge in [0.15, 0.2) is 5.96 Å². The molecule has 0 unspecified atom stereocenters. The number of nitrogens with two attached hydrogens (primary N) is 3. The third-order valence-electron chi connectivity index (χ3n) is 2.45. The van der Waals surface area contributed by atoms with Crippen LogP contribution in [-0.4, -0.2) is 29.9 Å². The Morgan fingerprint density at radius 2 is 1.95 bits per heavy atom. The van der Waals surface area contributed by atoms with Crippen molar-refractivity contribution in [2.75, 3.05) is 7.11 Å². The lowest BCUT2D eigenvalue weighted by atomic mass is 10.1. The summed E-state index contributed by atoms with van der Waals surface area (Å²) in [5, 5.41) is 11.0. The molecule has 0 bridgehead atoms. The fourth-order valence-electron chi connectivity index (χ4n) is 1.55. The summed E-state index contributed by atoms with van der Waals surface area (Å²) >= 11 is 0. The minimum atomic E-state index is -0.729. The molecule has 0 heterocycles. The zero-order valence-corrected chi connectivity index (χ0v) is 11.4. The molecule has 1 aromatic carbocycles. The monoisotopic (exact) mass is 294 g/mol. The minimum Gasteiger partial charge on any atom is -0.465 e. The SMILES string of the molecule is COC(=O)c1cc(N=C(N)N=C(N)N)cc([N+](=O)[O-])c1C. The largest absolute Gasteiger partial charge is 0.465 e. The highest BCUT2D eigenvalue weighted by molar-refractivity contribution is 5.96. The molecule has 0 radical (unpaired) electrons. The first kappa shape index (κ1) is 15.9. The second kappa shape index (κ2) is 6.32. The van der Waals surface area contributed by atoms with E-state index >= 15 is 0 Å². The Morgan fingerprint density at radius 3 is 2.43 bits per heavy atom. The summed E-state index contributed by atoms with van der Waals surface area (Å²) in [7, 11) is 1.16. The van der Waals surface area contributed by atoms with Gasteiger partial charge < -0.3 is 21.9 Å². The van der Waals surface area contributed by atoms with Gasteiger partial charge in [-0.3, -0.25) is 10.1 Å². The highest BCUT2D eigenvalue weighted by Gasteiger charge is 2.21. The second-order valence-electron chi connectivity index (χ2n) is 3.89. The Balaban J connectivity index is 3.48. The maximum atomic E-state index is 11.6. The fourth-order valence-corrected chi connectivity index (χ4v) is 1.55. The summed E-state index contributed by atoms with van der Waals surface area (Å²) in [6.07, 6.45) is 0. The van der Waals surface area contributed by atoms with Crippen molar-refractivity contribution in [1.29, 1.82) is 0 Å². The van der Waals surface area contributed by atoms with Crippen LogP contribution in [0.25, 0.3) is 0 Å². The molecule has 0 aliphatic rings. The van der Waals surface area contributed by atoms with E-state index in [4.69, 9.17) is 17.2 Å². The van der Waals surface area contributed by atoms with E-state index in [0.29, 0.717) is 0 Å². The van der Waals surface area contributed by atoms with Gasteiger partial charge >= 0.3 is 5.97 Å². The molecule has 10 nitrogen and oxygen atoms in total. The van der Waals surface area contributed by atoms with Crippen LogP contribution in [0.5, 0.6) is 0 Å². The van der Waals surface area contributed by atoms with Gasteiger partial charge in [0.25, 0.3) is 5.69 Å². The Labute approximate surface area is 119 Å². The van der Waals surface area contributed by atoms with Crippen LogP contribution in [0.4, 0.5) is 11.4 Å². The standard InChI is InChI=1S/C11H14N6O4/c1-5-7(9(18)21-2)3-6(4-8(5)17(19)20)15-11(14)16-10(12)13/h3-4H,1-2H3,(H6,12,13,14,15,16). The lowest BCUT2D eigenvalue weighted by molar-refractivity contribution is -0.385. The van der Waals surface area contributed by atoms with Crippen molar-refractivity contribution in [3.05, 3.63) is 33.4 Å². The Morgan fingerprint density at radius 1 is 1.33 bits per heavy atom. The molecule has 0 saturated heterocycles. The van der Waals surface area contributed by atoms with E-state index in [1.807, 2.05) is 0 Å². The molecule has 0 aromatic heterocycles. The Kier molecular flexibility index (Phi) is 4.78. The molecule has 0 atom stereocenters. The van der Waals surface area contributed by atoms with Crippen LogP contribution in [0.3, 0.4) is 0 Å². The third kappa shape index (κ3) is 3.89. The topological polar surface area (TPSA) is 172 Å². The van der Waals surface area contributed by atoms with Gasteiger partial charge in [0.2, 0.25) is 5.96 Å². The number of nitro benzene ring substituents is 1. The lowest BCUT2D eigenvalue weighted by Crippen LogP contribution is -2.26. The third-order valence-corrected chi connectivity index (χ3v) is 2.45. The first-order chi connectivity index (χ1) is 9.76. The summed E-state index contributed by atoms with van der Waals surface area (Å²) in [4.78, 5) is 29.3. The van der Waals surface area contributed by atoms with Gasteiger partial charge in [0.05, 0.1) is 23.3 Å². The minimum absolute atomic E-state index is 0.00273. The van der Waals surface area contributed by atoms with Crippen LogP contribution in [0.15, 0.2) is 22.1 Å². The van der Waals surface area contributed by atoms with E-state index in [9.17, 15) is 14.9 Å². The van der Waals surface area contributed by atoms with Crippen LogP contribution in [-0.2, 0) is 4.74 Å². The van der Waals surface area contributed by atoms with Crippen molar-refractivity contribution in [3.8, 4) is 0 Å². The van der Waals surface area contributed by atoms with Gasteiger partial charge in [-0.1, -0.05) is 0 Å². The number of rotatable bonds is 3. The molecule has 0 saturated carbocycles. The molecule has 0 fully saturated rings. The van der Waals surface area contributed by atoms with Gasteiger partial charge in [0, 0.05) is 11.6 Å². The van der Waals surface area contributed by atoms with E-state index in [2.05, 4.69) is 14.7 Å². The van der Waals surface area contributed by atoms with Gasteiger partial charge in [-0.15, -0.1) is 0 Å². The fraction of sp³-hybridized carbons (Fsp3) is 0.182. The first-order valence-electron chi connectivity index (χ1n) is 5.57. The number of benzene rings is 1. The van der Waals surface area contributed by atoms with Crippen LogP contribution < -0.4 is 17.2 Å². The molecule has 21 heavy (non-hydrogen) atoms. The van der Waals surface area contributed by atoms with E-state index in [1.165, 1.54) is 13.0 Å². The quantitative estimate of drug-likeness (QED) is 0.229. The first-order valence-corrected chi connectivity index (χ1v) is 5.57. The van der Waals surface area contributed by atoms with Gasteiger partial charge in [-0.05, 0) is 13.0 Å². The zero-order valence-electron chi connectivity index (χ0n) is 11.4. The number of esters is 1. The van der Waals surface area contributed by atoms with Crippen LogP contribution in [0.2, 0.25) is 0 Å². The highest BCUT2D eigenvalue weighted by atomic mass is 16.6. The number of ether oxygens (including phenoxy) is 1. The van der Waals surface area contributed by atoms with Crippen molar-refractivity contribution in [2.24, 2.45) is 27.2 Å². The van der Waals surface area contributed by atoms with Crippen LogP contribution >= 0.6 is 0 Å². The average molecular weight is 294 g/mol. The number of nitrogens with zero attached hydrogens (tertiary/aromatic N) is 3. The van der Waals surface area contributed by atoms with Crippen molar-refractivity contribution in [3.63, 3.8) is 0 Å². The summed E-state index contributed by atoms with van der Waals surface area (Å²) in [5.41, 5.74) is 15.6. The predicted molar refractivity (Wildman–Crippen MR) is 76.3 cm³/mol. The zero-order chi connectivity index (χ0) is 16.2. The number of carbonyl (C=O) groups is 1. The smallest absolute Gasteiger partial charge is 0.338 e. The Bertz CT molecular complexity index is 648. The number of methoxy groups -OCH3 is 1. The second-order valence-corrected chi connectivity index (χ2v) is 3.89. The van der Waals surface area contributed by atoms with E-state index in [1.54, 1.807) is 0 Å². The normalized spacial score (nSPS) is 10.9. The van der Waals surface area contributed by atoms with Gasteiger partial charge in [0.1, 0.15) is 0 Å². The molecule has 6 N–H and O–H groups in total. The number of carbonyl (C=O) groups excluding carboxylic acids is 1. The number of aliphatic imine (C=N–C) groups is 2. The van der Waals surface area contributed by atoms with Crippen molar-refractivity contribution in [2.45, 2.75) is 6.92 Å². The molecular weight excluding hydrogens is 280 g/mol. The molecule has 1 aromatic rings. The molecule has 0 aliphatic heterocycles. The summed E-state index contributed by atoms with van der Waals surface area (Å²) in [6.45, 7) is 1.43. The average Bonchev–Trinajstić information content (AvgIpc) is 2.38. The Hall–Kier alpha value is -3.17. The summed E-state index contributed by atoms with van der Waals surface area (Å²) in [6, 6.07) is 2.44. The number of hydrogen-bond donors (Lipinski definition) is 3. The lowest BCUT2D eigenvalue weighted by Gasteiger charge is -2.06. The van der Waals surface area contributed by atoms with Crippen molar-refractivity contribution >= 4 is 29.3 Å². The maximum Gasteiger partial charge on any atom is 0.338 e. The van der Waals surface area contributed by atoms with E-state index in [-0.39, 0.29) is 34.4 Å². The molecule has 0 amide bonds. The summed E-state index contributed by atoms with van der Waals surface area (Å²) in [5.74, 6) is -1.34. The molecule has 0 aliphatic carbocycles. The summed E-state index contributed by atoms with van der Waals surface area (Å²) < 4.78 is 4.57. The highest BCUT2D eigenvalue weighted by Crippen LogP contribution is 2.28. The van der Waals surface area contributed by atoms with Crippen LogP contribution in [0.1, 0.15) is 15.9 Å². The van der Waals surface area contributed by atoms with Gasteiger partial charge in [-0.2, -0.15) is 4.99 Å². The molecular formula is C11H14N6O4.